The molecule has 0 aromatic heterocycles. The first-order valence-corrected chi connectivity index (χ1v) is 7.98. The van der Waals surface area contributed by atoms with Crippen molar-refractivity contribution in [1.82, 2.24) is 5.32 Å². The van der Waals surface area contributed by atoms with E-state index in [1.807, 2.05) is 30.3 Å². The molecule has 0 aliphatic heterocycles. The van der Waals surface area contributed by atoms with Gasteiger partial charge in [0.05, 0.1) is 5.92 Å². The maximum absolute atomic E-state index is 12.2. The zero-order valence-electron chi connectivity index (χ0n) is 13.1. The van der Waals surface area contributed by atoms with Crippen LogP contribution in [0, 0.1) is 5.92 Å². The maximum atomic E-state index is 12.2. The van der Waals surface area contributed by atoms with E-state index < -0.39 is 5.97 Å². The fraction of sp³-hybridized carbons (Fsp3) is 0.263. The molecule has 0 heterocycles. The van der Waals surface area contributed by atoms with Gasteiger partial charge in [-0.1, -0.05) is 18.2 Å². The molecule has 1 aliphatic carbocycles. The Morgan fingerprint density at radius 1 is 0.958 bits per heavy atom. The summed E-state index contributed by atoms with van der Waals surface area (Å²) in [6.07, 6.45) is 1.82. The molecule has 5 heteroatoms. The van der Waals surface area contributed by atoms with E-state index in [9.17, 15) is 9.59 Å². The van der Waals surface area contributed by atoms with Gasteiger partial charge in [-0.3, -0.25) is 9.59 Å². The number of hydrogen-bond acceptors (Lipinski definition) is 3. The Hall–Kier alpha value is -2.82. The van der Waals surface area contributed by atoms with Crippen LogP contribution in [0.4, 0.5) is 0 Å². The third-order valence-electron chi connectivity index (χ3n) is 4.21. The van der Waals surface area contributed by atoms with Crippen LogP contribution in [0.5, 0.6) is 11.5 Å². The molecule has 1 aliphatic rings. The van der Waals surface area contributed by atoms with E-state index in [0.717, 1.165) is 5.75 Å². The summed E-state index contributed by atoms with van der Waals surface area (Å²) < 4.78 is 5.69. The van der Waals surface area contributed by atoms with Gasteiger partial charge in [0, 0.05) is 11.6 Å². The average molecular weight is 325 g/mol. The number of carbonyl (C=O) groups excluding carboxylic acids is 1. The minimum atomic E-state index is -0.783. The molecule has 0 unspecified atom stereocenters. The van der Waals surface area contributed by atoms with Gasteiger partial charge in [0.2, 0.25) is 0 Å². The fourth-order valence-electron chi connectivity index (χ4n) is 2.90. The van der Waals surface area contributed by atoms with Crippen LogP contribution in [-0.2, 0) is 4.79 Å². The number of aliphatic carboxylic acids is 1. The predicted octanol–water partition coefficient (Wildman–Crippen LogP) is 3.46. The number of carboxylic acids is 1. The summed E-state index contributed by atoms with van der Waals surface area (Å²) in [4.78, 5) is 23.2. The topological polar surface area (TPSA) is 75.6 Å². The van der Waals surface area contributed by atoms with Crippen LogP contribution in [0.2, 0.25) is 0 Å². The second-order valence-corrected chi connectivity index (χ2v) is 5.96. The molecule has 1 saturated carbocycles. The predicted molar refractivity (Wildman–Crippen MR) is 89.2 cm³/mol. The quantitative estimate of drug-likeness (QED) is 0.882. The molecule has 1 fully saturated rings. The van der Waals surface area contributed by atoms with Crippen molar-refractivity contribution >= 4 is 11.9 Å². The van der Waals surface area contributed by atoms with Gasteiger partial charge >= 0.3 is 5.97 Å². The summed E-state index contributed by atoms with van der Waals surface area (Å²) in [5, 5.41) is 11.9. The maximum Gasteiger partial charge on any atom is 0.306 e. The largest absolute Gasteiger partial charge is 0.481 e. The lowest BCUT2D eigenvalue weighted by Gasteiger charge is -2.13. The zero-order valence-corrected chi connectivity index (χ0v) is 13.1. The SMILES string of the molecule is O=C(N[C@H]1CC[C@@H](C(=O)O)C1)c1ccc(Oc2ccccc2)cc1. The average Bonchev–Trinajstić information content (AvgIpc) is 3.05. The van der Waals surface area contributed by atoms with E-state index in [1.54, 1.807) is 24.3 Å². The normalized spacial score (nSPS) is 19.7. The molecule has 0 bridgehead atoms. The summed E-state index contributed by atoms with van der Waals surface area (Å²) in [7, 11) is 0. The van der Waals surface area contributed by atoms with Crippen LogP contribution in [0.15, 0.2) is 54.6 Å². The van der Waals surface area contributed by atoms with Crippen LogP contribution in [0.3, 0.4) is 0 Å². The van der Waals surface area contributed by atoms with Gasteiger partial charge < -0.3 is 15.2 Å². The van der Waals surface area contributed by atoms with Crippen LogP contribution < -0.4 is 10.1 Å². The van der Waals surface area contributed by atoms with Crippen LogP contribution in [0.25, 0.3) is 0 Å². The summed E-state index contributed by atoms with van der Waals surface area (Å²) in [5.74, 6) is 0.0772. The van der Waals surface area contributed by atoms with Crippen molar-refractivity contribution < 1.29 is 19.4 Å². The third kappa shape index (κ3) is 3.93. The van der Waals surface area contributed by atoms with Crippen molar-refractivity contribution in [2.75, 3.05) is 0 Å². The first-order valence-electron chi connectivity index (χ1n) is 7.98. The first-order chi connectivity index (χ1) is 11.6. The number of carboxylic acid groups (broad SMARTS) is 1. The second-order valence-electron chi connectivity index (χ2n) is 5.96. The third-order valence-corrected chi connectivity index (χ3v) is 4.21. The van der Waals surface area contributed by atoms with Crippen molar-refractivity contribution in [3.8, 4) is 11.5 Å². The molecule has 2 aromatic rings. The number of ether oxygens (including phenoxy) is 1. The molecule has 1 amide bonds. The lowest BCUT2D eigenvalue weighted by Crippen LogP contribution is -2.33. The lowest BCUT2D eigenvalue weighted by atomic mass is 10.1. The Labute approximate surface area is 140 Å². The van der Waals surface area contributed by atoms with E-state index in [1.165, 1.54) is 0 Å². The van der Waals surface area contributed by atoms with Gasteiger partial charge in [0.1, 0.15) is 11.5 Å². The Bertz CT molecular complexity index is 712. The summed E-state index contributed by atoms with van der Waals surface area (Å²) >= 11 is 0. The molecule has 2 aromatic carbocycles. The number of rotatable bonds is 5. The van der Waals surface area contributed by atoms with Crippen molar-refractivity contribution in [2.45, 2.75) is 25.3 Å². The van der Waals surface area contributed by atoms with Gasteiger partial charge in [-0.2, -0.15) is 0 Å². The molecule has 2 N–H and O–H groups in total. The molecule has 0 spiro atoms. The summed E-state index contributed by atoms with van der Waals surface area (Å²) in [6, 6.07) is 16.3. The van der Waals surface area contributed by atoms with Gasteiger partial charge in [0.25, 0.3) is 5.91 Å². The zero-order chi connectivity index (χ0) is 16.9. The Balaban J connectivity index is 1.57. The highest BCUT2D eigenvalue weighted by molar-refractivity contribution is 5.94. The molecule has 124 valence electrons. The van der Waals surface area contributed by atoms with Crippen LogP contribution >= 0.6 is 0 Å². The standard InChI is InChI=1S/C19H19NO4/c21-18(20-15-9-6-14(12-15)19(22)23)13-7-10-17(11-8-13)24-16-4-2-1-3-5-16/h1-5,7-8,10-11,14-15H,6,9,12H2,(H,20,21)(H,22,23)/t14-,15+/m1/s1. The lowest BCUT2D eigenvalue weighted by molar-refractivity contribution is -0.141. The molecule has 2 atom stereocenters. The van der Waals surface area contributed by atoms with Crippen LogP contribution in [0.1, 0.15) is 29.6 Å². The first kappa shape index (κ1) is 16.1. The Morgan fingerprint density at radius 2 is 1.62 bits per heavy atom. The molecule has 0 saturated heterocycles. The van der Waals surface area contributed by atoms with E-state index in [0.29, 0.717) is 30.6 Å². The van der Waals surface area contributed by atoms with E-state index >= 15 is 0 Å². The minimum absolute atomic E-state index is 0.0705. The molecule has 5 nitrogen and oxygen atoms in total. The van der Waals surface area contributed by atoms with Gasteiger partial charge in [-0.05, 0) is 55.7 Å². The van der Waals surface area contributed by atoms with Crippen LogP contribution in [-0.4, -0.2) is 23.0 Å². The van der Waals surface area contributed by atoms with E-state index in [-0.39, 0.29) is 17.9 Å². The molecular weight excluding hydrogens is 306 g/mol. The summed E-state index contributed by atoms with van der Waals surface area (Å²) in [5.41, 5.74) is 0.536. The van der Waals surface area contributed by atoms with E-state index in [4.69, 9.17) is 9.84 Å². The van der Waals surface area contributed by atoms with E-state index in [2.05, 4.69) is 5.32 Å². The fourth-order valence-corrected chi connectivity index (χ4v) is 2.90. The van der Waals surface area contributed by atoms with Gasteiger partial charge in [-0.15, -0.1) is 0 Å². The molecule has 3 rings (SSSR count). The number of amides is 1. The van der Waals surface area contributed by atoms with Crippen molar-refractivity contribution in [3.05, 3.63) is 60.2 Å². The highest BCUT2D eigenvalue weighted by Gasteiger charge is 2.30. The number of hydrogen-bond donors (Lipinski definition) is 2. The number of para-hydroxylation sites is 1. The smallest absolute Gasteiger partial charge is 0.306 e. The van der Waals surface area contributed by atoms with Crippen molar-refractivity contribution in [1.29, 1.82) is 0 Å². The van der Waals surface area contributed by atoms with Crippen molar-refractivity contribution in [2.24, 2.45) is 5.92 Å². The highest BCUT2D eigenvalue weighted by Crippen LogP contribution is 2.26. The van der Waals surface area contributed by atoms with Crippen molar-refractivity contribution in [3.63, 3.8) is 0 Å². The Kier molecular flexibility index (Phi) is 4.79. The second kappa shape index (κ2) is 7.17. The van der Waals surface area contributed by atoms with Gasteiger partial charge in [-0.25, -0.2) is 0 Å². The number of benzene rings is 2. The number of carbonyl (C=O) groups is 2. The minimum Gasteiger partial charge on any atom is -0.481 e. The summed E-state index contributed by atoms with van der Waals surface area (Å²) in [6.45, 7) is 0. The monoisotopic (exact) mass is 325 g/mol. The van der Waals surface area contributed by atoms with Gasteiger partial charge in [0.15, 0.2) is 0 Å². The molecule has 0 radical (unpaired) electrons. The molecular formula is C19H19NO4. The number of nitrogens with one attached hydrogen (secondary N) is 1. The highest BCUT2D eigenvalue weighted by atomic mass is 16.5. The Morgan fingerprint density at radius 3 is 2.25 bits per heavy atom. The molecule has 24 heavy (non-hydrogen) atoms.